The van der Waals surface area contributed by atoms with Crippen molar-refractivity contribution >= 4 is 11.9 Å². The van der Waals surface area contributed by atoms with Gasteiger partial charge < -0.3 is 24.4 Å². The van der Waals surface area contributed by atoms with Crippen LogP contribution in [0.5, 0.6) is 5.75 Å². The van der Waals surface area contributed by atoms with E-state index in [1.54, 1.807) is 12.1 Å². The molecule has 0 radical (unpaired) electrons. The molecule has 7 heteroatoms. The predicted octanol–water partition coefficient (Wildman–Crippen LogP) is -0.666. The summed E-state index contributed by atoms with van der Waals surface area (Å²) in [4.78, 5) is 28.3. The Balaban J connectivity index is 0.00000272. The van der Waals surface area contributed by atoms with Crippen molar-refractivity contribution in [1.82, 2.24) is 9.80 Å². The van der Waals surface area contributed by atoms with Gasteiger partial charge in [0.2, 0.25) is 0 Å². The van der Waals surface area contributed by atoms with Crippen LogP contribution in [0.4, 0.5) is 0 Å². The van der Waals surface area contributed by atoms with E-state index in [0.29, 0.717) is 24.0 Å². The minimum Gasteiger partial charge on any atom is -0.545 e. The molecule has 0 aliphatic carbocycles. The van der Waals surface area contributed by atoms with Crippen LogP contribution in [-0.2, 0) is 6.61 Å². The number of carboxylic acid groups (broad SMARTS) is 1. The molecule has 1 amide bonds. The minimum absolute atomic E-state index is 0. The topological polar surface area (TPSA) is 72.9 Å². The summed E-state index contributed by atoms with van der Waals surface area (Å²) in [6, 6.07) is 14.0. The van der Waals surface area contributed by atoms with Crippen LogP contribution in [0.15, 0.2) is 48.5 Å². The van der Waals surface area contributed by atoms with E-state index in [2.05, 4.69) is 4.90 Å². The van der Waals surface area contributed by atoms with Gasteiger partial charge in [0.25, 0.3) is 5.91 Å². The van der Waals surface area contributed by atoms with E-state index >= 15 is 0 Å². The average molecular weight is 414 g/mol. The van der Waals surface area contributed by atoms with Crippen molar-refractivity contribution in [3.63, 3.8) is 0 Å². The maximum absolute atomic E-state index is 13.0. The van der Waals surface area contributed by atoms with Crippen molar-refractivity contribution in [2.24, 2.45) is 0 Å². The Morgan fingerprint density at radius 2 is 1.55 bits per heavy atom. The first-order valence-corrected chi connectivity index (χ1v) is 10.7. The van der Waals surface area contributed by atoms with Crippen LogP contribution in [0, 0.1) is 0 Å². The molecule has 31 heavy (non-hydrogen) atoms. The number of carboxylic acids is 1. The second-order valence-electron chi connectivity index (χ2n) is 8.10. The number of ether oxygens (including phenoxy) is 1. The Kier molecular flexibility index (Phi) is 8.20. The van der Waals surface area contributed by atoms with Crippen LogP contribution >= 0.6 is 0 Å². The monoisotopic (exact) mass is 414 g/mol. The molecule has 1 atom stereocenters. The molecule has 0 saturated carbocycles. The van der Waals surface area contributed by atoms with Gasteiger partial charge in [-0.3, -0.25) is 4.79 Å². The molecule has 2 aliphatic heterocycles. The van der Waals surface area contributed by atoms with Crippen LogP contribution in [0.3, 0.4) is 0 Å². The van der Waals surface area contributed by atoms with Crippen molar-refractivity contribution in [1.29, 1.82) is 0 Å². The fraction of sp³-hybridized carbons (Fsp3) is 0.417. The summed E-state index contributed by atoms with van der Waals surface area (Å²) >= 11 is 0. The Labute approximate surface area is 195 Å². The molecular weight excluding hydrogens is 387 g/mol. The molecule has 2 aromatic carbocycles. The molecule has 1 unspecified atom stereocenters. The standard InChI is InChI=1S/C24H28N2O4.Li/c27-23(26-15-3-4-21(26)16-25-13-1-2-14-25)19-9-11-22(12-10-19)30-17-18-5-7-20(8-6-18)24(28)29;/h5-12,21H,1-4,13-17H2,(H,28,29);/q;+1/p-1. The molecule has 158 valence electrons. The first-order chi connectivity index (χ1) is 14.6. The normalized spacial score (nSPS) is 18.6. The SMILES string of the molecule is O=C([O-])c1ccc(COc2ccc(C(=O)N3CCCC3CN3CCCC3)cc2)cc1.[Li+]. The third-order valence-corrected chi connectivity index (χ3v) is 6.00. The van der Waals surface area contributed by atoms with Crippen molar-refractivity contribution in [2.45, 2.75) is 38.3 Å². The minimum atomic E-state index is -1.19. The number of nitrogens with zero attached hydrogens (tertiary/aromatic N) is 2. The first kappa shape index (κ1) is 23.4. The number of carbonyl (C=O) groups is 2. The molecule has 6 nitrogen and oxygen atoms in total. The zero-order chi connectivity index (χ0) is 20.9. The number of benzene rings is 2. The van der Waals surface area contributed by atoms with Gasteiger partial charge >= 0.3 is 18.9 Å². The van der Waals surface area contributed by atoms with E-state index in [-0.39, 0.29) is 30.3 Å². The quantitative estimate of drug-likeness (QED) is 0.563. The Morgan fingerprint density at radius 3 is 2.19 bits per heavy atom. The predicted molar refractivity (Wildman–Crippen MR) is 111 cm³/mol. The summed E-state index contributed by atoms with van der Waals surface area (Å²) in [7, 11) is 0. The summed E-state index contributed by atoms with van der Waals surface area (Å²) in [5, 5.41) is 10.8. The maximum atomic E-state index is 13.0. The average Bonchev–Trinajstić information content (AvgIpc) is 3.45. The molecule has 2 saturated heterocycles. The van der Waals surface area contributed by atoms with Gasteiger partial charge in [-0.25, -0.2) is 0 Å². The maximum Gasteiger partial charge on any atom is 1.00 e. The number of amides is 1. The number of rotatable bonds is 7. The molecule has 2 fully saturated rings. The van der Waals surface area contributed by atoms with Gasteiger partial charge in [0, 0.05) is 24.7 Å². The summed E-state index contributed by atoms with van der Waals surface area (Å²) in [5.41, 5.74) is 1.70. The Hall–Kier alpha value is -2.26. The molecule has 0 aromatic heterocycles. The van der Waals surface area contributed by atoms with E-state index in [4.69, 9.17) is 4.74 Å². The smallest absolute Gasteiger partial charge is 0.545 e. The summed E-state index contributed by atoms with van der Waals surface area (Å²) in [6.07, 6.45) is 4.69. The van der Waals surface area contributed by atoms with Crippen molar-refractivity contribution in [2.75, 3.05) is 26.2 Å². The van der Waals surface area contributed by atoms with Crippen molar-refractivity contribution in [3.05, 3.63) is 65.2 Å². The van der Waals surface area contributed by atoms with Gasteiger partial charge in [0.1, 0.15) is 12.4 Å². The molecular formula is C24H27LiN2O4. The van der Waals surface area contributed by atoms with Gasteiger partial charge in [0.15, 0.2) is 0 Å². The second kappa shape index (κ2) is 10.9. The van der Waals surface area contributed by atoms with Crippen molar-refractivity contribution < 1.29 is 38.3 Å². The number of aromatic carboxylic acids is 1. The summed E-state index contributed by atoms with van der Waals surface area (Å²) in [5.74, 6) is -0.421. The third kappa shape index (κ3) is 5.91. The van der Waals surface area contributed by atoms with Crippen LogP contribution in [0.1, 0.15) is 52.0 Å². The fourth-order valence-electron chi connectivity index (χ4n) is 4.32. The number of likely N-dealkylation sites (tertiary alicyclic amines) is 2. The molecule has 0 spiro atoms. The van der Waals surface area contributed by atoms with Gasteiger partial charge in [-0.1, -0.05) is 24.3 Å². The summed E-state index contributed by atoms with van der Waals surface area (Å²) < 4.78 is 5.77. The number of hydrogen-bond acceptors (Lipinski definition) is 5. The van der Waals surface area contributed by atoms with E-state index in [1.165, 1.54) is 25.0 Å². The van der Waals surface area contributed by atoms with Crippen molar-refractivity contribution in [3.8, 4) is 5.75 Å². The molecule has 4 rings (SSSR count). The van der Waals surface area contributed by atoms with E-state index in [0.717, 1.165) is 44.6 Å². The summed E-state index contributed by atoms with van der Waals surface area (Å²) in [6.45, 7) is 4.45. The Bertz CT molecular complexity index is 879. The van der Waals surface area contributed by atoms with E-state index in [9.17, 15) is 14.7 Å². The van der Waals surface area contributed by atoms with Crippen LogP contribution in [0.2, 0.25) is 0 Å². The molecule has 0 bridgehead atoms. The van der Waals surface area contributed by atoms with Gasteiger partial charge in [0.05, 0.1) is 5.97 Å². The molecule has 0 N–H and O–H groups in total. The number of hydrogen-bond donors (Lipinski definition) is 0. The fourth-order valence-corrected chi connectivity index (χ4v) is 4.32. The zero-order valence-corrected chi connectivity index (χ0v) is 18.1. The van der Waals surface area contributed by atoms with E-state index in [1.807, 2.05) is 29.2 Å². The largest absolute Gasteiger partial charge is 1.00 e. The first-order valence-electron chi connectivity index (χ1n) is 10.7. The molecule has 2 heterocycles. The van der Waals surface area contributed by atoms with Crippen LogP contribution in [0.25, 0.3) is 0 Å². The zero-order valence-electron chi connectivity index (χ0n) is 18.1. The molecule has 2 aliphatic rings. The van der Waals surface area contributed by atoms with Gasteiger partial charge in [-0.05, 0) is 74.2 Å². The van der Waals surface area contributed by atoms with Gasteiger partial charge in [-0.2, -0.15) is 0 Å². The van der Waals surface area contributed by atoms with Crippen LogP contribution in [-0.4, -0.2) is 53.9 Å². The Morgan fingerprint density at radius 1 is 0.903 bits per heavy atom. The van der Waals surface area contributed by atoms with Gasteiger partial charge in [-0.15, -0.1) is 0 Å². The third-order valence-electron chi connectivity index (χ3n) is 6.00. The van der Waals surface area contributed by atoms with E-state index < -0.39 is 5.97 Å². The molecule has 2 aromatic rings. The number of carbonyl (C=O) groups excluding carboxylic acids is 2. The van der Waals surface area contributed by atoms with Crippen LogP contribution < -0.4 is 28.7 Å². The second-order valence-corrected chi connectivity index (χ2v) is 8.10.